The molecule has 130 valence electrons. The largest absolute Gasteiger partial charge is 0.454 e. The van der Waals surface area contributed by atoms with Gasteiger partial charge in [-0.15, -0.1) is 0 Å². The van der Waals surface area contributed by atoms with Crippen molar-refractivity contribution in [1.82, 2.24) is 15.0 Å². The van der Waals surface area contributed by atoms with Crippen LogP contribution in [-0.4, -0.2) is 20.9 Å². The molecule has 0 aliphatic carbocycles. The molecular formula is C18H21N5O2. The average molecular weight is 339 g/mol. The van der Waals surface area contributed by atoms with Crippen LogP contribution in [0.4, 0.5) is 17.6 Å². The predicted octanol–water partition coefficient (Wildman–Crippen LogP) is 2.94. The highest BCUT2D eigenvalue weighted by molar-refractivity contribution is 5.82. The van der Waals surface area contributed by atoms with Gasteiger partial charge < -0.3 is 15.8 Å². The zero-order chi connectivity index (χ0) is 18.1. The molecule has 0 spiro atoms. The smallest absolute Gasteiger partial charge is 0.331 e. The van der Waals surface area contributed by atoms with E-state index in [-0.39, 0.29) is 18.4 Å². The van der Waals surface area contributed by atoms with E-state index >= 15 is 0 Å². The lowest BCUT2D eigenvalue weighted by molar-refractivity contribution is -0.139. The van der Waals surface area contributed by atoms with Gasteiger partial charge in [-0.3, -0.25) is 0 Å². The quantitative estimate of drug-likeness (QED) is 0.454. The van der Waals surface area contributed by atoms with Crippen molar-refractivity contribution in [2.24, 2.45) is 0 Å². The molecule has 0 radical (unpaired) electrons. The molecule has 1 aromatic heterocycles. The van der Waals surface area contributed by atoms with Gasteiger partial charge in [0.25, 0.3) is 0 Å². The summed E-state index contributed by atoms with van der Waals surface area (Å²) in [6.07, 6.45) is 7.32. The second kappa shape index (κ2) is 9.17. The number of nitrogens with zero attached hydrogens (tertiary/aromatic N) is 3. The van der Waals surface area contributed by atoms with Crippen LogP contribution in [0.3, 0.4) is 0 Å². The second-order valence-electron chi connectivity index (χ2n) is 5.06. The van der Waals surface area contributed by atoms with E-state index in [1.807, 2.05) is 37.3 Å². The molecule has 1 aromatic carbocycles. The number of hydrogen-bond acceptors (Lipinski definition) is 7. The Morgan fingerprint density at radius 1 is 1.24 bits per heavy atom. The van der Waals surface area contributed by atoms with Crippen molar-refractivity contribution in [1.29, 1.82) is 0 Å². The van der Waals surface area contributed by atoms with Crippen LogP contribution in [0.15, 0.2) is 48.6 Å². The summed E-state index contributed by atoms with van der Waals surface area (Å²) in [5.41, 5.74) is 7.75. The van der Waals surface area contributed by atoms with Gasteiger partial charge in [0.1, 0.15) is 0 Å². The fourth-order valence-electron chi connectivity index (χ4n) is 2.06. The number of aromatic nitrogens is 3. The molecular weight excluding hydrogens is 318 g/mol. The summed E-state index contributed by atoms with van der Waals surface area (Å²) in [4.78, 5) is 23.9. The SMILES string of the molecule is C/C=C/C=C/C(=O)OCc1nc(N)nc(Nc2ccccc2CC)n1. The summed E-state index contributed by atoms with van der Waals surface area (Å²) in [7, 11) is 0. The van der Waals surface area contributed by atoms with Crippen LogP contribution in [0.2, 0.25) is 0 Å². The maximum Gasteiger partial charge on any atom is 0.331 e. The molecule has 25 heavy (non-hydrogen) atoms. The first-order chi connectivity index (χ1) is 12.1. The van der Waals surface area contributed by atoms with E-state index in [9.17, 15) is 4.79 Å². The summed E-state index contributed by atoms with van der Waals surface area (Å²) in [6, 6.07) is 7.85. The van der Waals surface area contributed by atoms with Crippen LogP contribution < -0.4 is 11.1 Å². The number of para-hydroxylation sites is 1. The minimum atomic E-state index is -0.483. The summed E-state index contributed by atoms with van der Waals surface area (Å²) in [5.74, 6) is 0.158. The van der Waals surface area contributed by atoms with Crippen molar-refractivity contribution < 1.29 is 9.53 Å². The molecule has 0 atom stereocenters. The number of allylic oxidation sites excluding steroid dienone is 3. The first-order valence-corrected chi connectivity index (χ1v) is 7.93. The molecule has 7 heteroatoms. The topological polar surface area (TPSA) is 103 Å². The molecule has 0 saturated carbocycles. The Morgan fingerprint density at radius 2 is 2.04 bits per heavy atom. The summed E-state index contributed by atoms with van der Waals surface area (Å²) >= 11 is 0. The van der Waals surface area contributed by atoms with E-state index in [2.05, 4.69) is 27.2 Å². The number of carbonyl (C=O) groups is 1. The number of ether oxygens (including phenoxy) is 1. The van der Waals surface area contributed by atoms with Crippen molar-refractivity contribution in [3.05, 3.63) is 60.0 Å². The van der Waals surface area contributed by atoms with Crippen LogP contribution in [0.5, 0.6) is 0 Å². The number of nitrogens with two attached hydrogens (primary N) is 1. The van der Waals surface area contributed by atoms with Gasteiger partial charge in [-0.25, -0.2) is 4.79 Å². The highest BCUT2D eigenvalue weighted by Crippen LogP contribution is 2.19. The maximum absolute atomic E-state index is 11.6. The fourth-order valence-corrected chi connectivity index (χ4v) is 2.06. The van der Waals surface area contributed by atoms with E-state index < -0.39 is 5.97 Å². The number of carbonyl (C=O) groups excluding carboxylic acids is 1. The molecule has 0 fully saturated rings. The first kappa shape index (κ1) is 18.1. The van der Waals surface area contributed by atoms with Crippen molar-refractivity contribution in [2.75, 3.05) is 11.1 Å². The molecule has 1 heterocycles. The third-order valence-electron chi connectivity index (χ3n) is 3.22. The van der Waals surface area contributed by atoms with Crippen LogP contribution >= 0.6 is 0 Å². The highest BCUT2D eigenvalue weighted by Gasteiger charge is 2.08. The molecule has 0 aliphatic rings. The zero-order valence-electron chi connectivity index (χ0n) is 14.3. The molecule has 0 aliphatic heterocycles. The van der Waals surface area contributed by atoms with Gasteiger partial charge in [0.05, 0.1) is 0 Å². The number of esters is 1. The lowest BCUT2D eigenvalue weighted by atomic mass is 10.1. The van der Waals surface area contributed by atoms with Crippen LogP contribution in [0.25, 0.3) is 0 Å². The lowest BCUT2D eigenvalue weighted by Gasteiger charge is -2.10. The van der Waals surface area contributed by atoms with Gasteiger partial charge in [0, 0.05) is 11.8 Å². The van der Waals surface area contributed by atoms with Gasteiger partial charge in [-0.1, -0.05) is 43.4 Å². The summed E-state index contributed by atoms with van der Waals surface area (Å²) in [6.45, 7) is 3.83. The van der Waals surface area contributed by atoms with Crippen molar-refractivity contribution in [2.45, 2.75) is 26.9 Å². The van der Waals surface area contributed by atoms with E-state index in [1.165, 1.54) is 6.08 Å². The molecule has 7 nitrogen and oxygen atoms in total. The monoisotopic (exact) mass is 339 g/mol. The maximum atomic E-state index is 11.6. The standard InChI is InChI=1S/C18H21N5O2/c1-3-5-6-11-16(24)25-12-15-21-17(19)23-18(22-15)20-14-10-8-7-9-13(14)4-2/h3,5-11H,4,12H2,1-2H3,(H3,19,20,21,22,23)/b5-3+,11-6+. The second-order valence-corrected chi connectivity index (χ2v) is 5.06. The number of anilines is 3. The number of hydrogen-bond donors (Lipinski definition) is 2. The van der Waals surface area contributed by atoms with Crippen molar-refractivity contribution >= 4 is 23.6 Å². The fraction of sp³-hybridized carbons (Fsp3) is 0.222. The van der Waals surface area contributed by atoms with Crippen LogP contribution in [0.1, 0.15) is 25.2 Å². The number of nitrogens with one attached hydrogen (secondary N) is 1. The van der Waals surface area contributed by atoms with Gasteiger partial charge >= 0.3 is 5.97 Å². The van der Waals surface area contributed by atoms with E-state index in [0.29, 0.717) is 5.95 Å². The molecule has 0 amide bonds. The molecule has 0 bridgehead atoms. The first-order valence-electron chi connectivity index (χ1n) is 7.93. The van der Waals surface area contributed by atoms with E-state index in [4.69, 9.17) is 10.5 Å². The van der Waals surface area contributed by atoms with Gasteiger partial charge in [0.2, 0.25) is 11.9 Å². The Morgan fingerprint density at radius 3 is 2.80 bits per heavy atom. The third kappa shape index (κ3) is 5.72. The minimum absolute atomic E-state index is 0.0574. The normalized spacial score (nSPS) is 11.1. The number of aryl methyl sites for hydroxylation is 1. The predicted molar refractivity (Wildman–Crippen MR) is 97.1 cm³/mol. The number of benzene rings is 1. The van der Waals surface area contributed by atoms with E-state index in [0.717, 1.165) is 17.7 Å². The van der Waals surface area contributed by atoms with Gasteiger partial charge in [-0.05, 0) is 25.0 Å². The zero-order valence-corrected chi connectivity index (χ0v) is 14.3. The molecule has 0 unspecified atom stereocenters. The van der Waals surface area contributed by atoms with Crippen molar-refractivity contribution in [3.8, 4) is 0 Å². The Bertz CT molecular complexity index is 787. The highest BCUT2D eigenvalue weighted by atomic mass is 16.5. The lowest BCUT2D eigenvalue weighted by Crippen LogP contribution is -2.10. The van der Waals surface area contributed by atoms with Crippen LogP contribution in [-0.2, 0) is 22.6 Å². The van der Waals surface area contributed by atoms with Gasteiger partial charge in [-0.2, -0.15) is 15.0 Å². The van der Waals surface area contributed by atoms with Gasteiger partial charge in [0.15, 0.2) is 12.4 Å². The number of nitrogen functional groups attached to an aromatic ring is 1. The molecule has 3 N–H and O–H groups in total. The summed E-state index contributed by atoms with van der Waals surface area (Å²) in [5, 5.41) is 3.13. The molecule has 0 saturated heterocycles. The van der Waals surface area contributed by atoms with Crippen molar-refractivity contribution in [3.63, 3.8) is 0 Å². The number of rotatable bonds is 7. The Labute approximate surface area is 146 Å². The average Bonchev–Trinajstić information content (AvgIpc) is 2.60. The van der Waals surface area contributed by atoms with Crippen LogP contribution in [0, 0.1) is 0 Å². The summed E-state index contributed by atoms with van der Waals surface area (Å²) < 4.78 is 5.08. The molecule has 2 aromatic rings. The molecule has 2 rings (SSSR count). The Kier molecular flexibility index (Phi) is 6.65. The van der Waals surface area contributed by atoms with E-state index in [1.54, 1.807) is 12.2 Å². The Balaban J connectivity index is 2.08. The third-order valence-corrected chi connectivity index (χ3v) is 3.22. The Hall–Kier alpha value is -3.22. The minimum Gasteiger partial charge on any atom is -0.454 e.